The van der Waals surface area contributed by atoms with Gasteiger partial charge in [-0.2, -0.15) is 13.2 Å². The highest BCUT2D eigenvalue weighted by atomic mass is 35.5. The number of benzene rings is 1. The zero-order chi connectivity index (χ0) is 13.6. The van der Waals surface area contributed by atoms with E-state index in [0.29, 0.717) is 0 Å². The quantitative estimate of drug-likeness (QED) is 0.677. The van der Waals surface area contributed by atoms with Gasteiger partial charge in [0.15, 0.2) is 0 Å². The molecule has 1 aliphatic carbocycles. The lowest BCUT2D eigenvalue weighted by Crippen LogP contribution is -2.38. The number of alkyl halides is 3. The maximum atomic E-state index is 12.7. The maximum Gasteiger partial charge on any atom is 0.411 e. The molecule has 1 N–H and O–H groups in total. The van der Waals surface area contributed by atoms with E-state index in [1.165, 1.54) is 12.1 Å². The van der Waals surface area contributed by atoms with Gasteiger partial charge in [0.2, 0.25) is 0 Å². The predicted octanol–water partition coefficient (Wildman–Crippen LogP) is 3.75. The van der Waals surface area contributed by atoms with E-state index >= 15 is 0 Å². The molecular formula is C10H8ClF3N2O2. The molecule has 0 heterocycles. The lowest BCUT2D eigenvalue weighted by Gasteiger charge is -2.21. The van der Waals surface area contributed by atoms with Gasteiger partial charge in [-0.15, -0.1) is 0 Å². The summed E-state index contributed by atoms with van der Waals surface area (Å²) in [5.41, 5.74) is -2.66. The van der Waals surface area contributed by atoms with E-state index in [1.54, 1.807) is 0 Å². The van der Waals surface area contributed by atoms with Crippen molar-refractivity contribution in [1.82, 2.24) is 0 Å². The number of rotatable bonds is 3. The third kappa shape index (κ3) is 2.22. The largest absolute Gasteiger partial charge is 0.411 e. The van der Waals surface area contributed by atoms with E-state index in [1.807, 2.05) is 0 Å². The molecule has 0 aromatic heterocycles. The highest BCUT2D eigenvalue weighted by Crippen LogP contribution is 2.52. The molecule has 0 spiro atoms. The van der Waals surface area contributed by atoms with E-state index < -0.39 is 22.3 Å². The molecule has 8 heteroatoms. The summed E-state index contributed by atoms with van der Waals surface area (Å²) in [5, 5.41) is 13.1. The predicted molar refractivity (Wildman–Crippen MR) is 59.7 cm³/mol. The first kappa shape index (κ1) is 12.9. The molecule has 0 atom stereocenters. The number of anilines is 1. The lowest BCUT2D eigenvalue weighted by atomic mass is 10.2. The van der Waals surface area contributed by atoms with Crippen molar-refractivity contribution in [2.75, 3.05) is 5.32 Å². The van der Waals surface area contributed by atoms with Gasteiger partial charge in [-0.25, -0.2) is 0 Å². The molecular weight excluding hydrogens is 273 g/mol. The van der Waals surface area contributed by atoms with Crippen LogP contribution in [0, 0.1) is 10.1 Å². The third-order valence-electron chi connectivity index (χ3n) is 2.82. The summed E-state index contributed by atoms with van der Waals surface area (Å²) in [5.74, 6) is 0. The van der Waals surface area contributed by atoms with Crippen molar-refractivity contribution in [2.24, 2.45) is 0 Å². The van der Waals surface area contributed by atoms with Gasteiger partial charge in [0.1, 0.15) is 11.2 Å². The molecule has 0 saturated heterocycles. The summed E-state index contributed by atoms with van der Waals surface area (Å²) in [4.78, 5) is 9.99. The fourth-order valence-corrected chi connectivity index (χ4v) is 1.79. The molecule has 0 unspecified atom stereocenters. The molecule has 0 bridgehead atoms. The highest BCUT2D eigenvalue weighted by Gasteiger charge is 2.63. The Bertz CT molecular complexity index is 500. The van der Waals surface area contributed by atoms with Crippen molar-refractivity contribution in [3.63, 3.8) is 0 Å². The van der Waals surface area contributed by atoms with Crippen LogP contribution in [0.25, 0.3) is 0 Å². The van der Waals surface area contributed by atoms with Gasteiger partial charge in [0, 0.05) is 11.1 Å². The Morgan fingerprint density at radius 2 is 2.00 bits per heavy atom. The number of nitro groups is 1. The van der Waals surface area contributed by atoms with Crippen molar-refractivity contribution in [3.8, 4) is 0 Å². The topological polar surface area (TPSA) is 55.2 Å². The Labute approximate surface area is 105 Å². The molecule has 0 aliphatic heterocycles. The molecule has 1 aliphatic rings. The summed E-state index contributed by atoms with van der Waals surface area (Å²) in [6.07, 6.45) is -4.60. The average molecular weight is 281 g/mol. The molecule has 1 fully saturated rings. The van der Waals surface area contributed by atoms with Crippen LogP contribution in [0.4, 0.5) is 24.5 Å². The second kappa shape index (κ2) is 4.01. The molecule has 4 nitrogen and oxygen atoms in total. The number of nitrogens with one attached hydrogen (secondary N) is 1. The van der Waals surface area contributed by atoms with E-state index in [-0.39, 0.29) is 23.6 Å². The Balaban J connectivity index is 2.33. The Morgan fingerprint density at radius 3 is 2.44 bits per heavy atom. The summed E-state index contributed by atoms with van der Waals surface area (Å²) >= 11 is 5.58. The zero-order valence-electron chi connectivity index (χ0n) is 8.92. The average Bonchev–Trinajstić information content (AvgIpc) is 3.00. The fraction of sp³-hybridized carbons (Fsp3) is 0.400. The summed E-state index contributed by atoms with van der Waals surface area (Å²) in [7, 11) is 0. The minimum atomic E-state index is -4.43. The molecule has 1 aromatic carbocycles. The smallest absolute Gasteiger partial charge is 0.366 e. The second-order valence-electron chi connectivity index (χ2n) is 4.12. The third-order valence-corrected chi connectivity index (χ3v) is 3.06. The summed E-state index contributed by atoms with van der Waals surface area (Å²) < 4.78 is 38.2. The number of nitro benzene ring substituents is 1. The molecule has 1 aromatic rings. The second-order valence-corrected chi connectivity index (χ2v) is 4.56. The van der Waals surface area contributed by atoms with Gasteiger partial charge in [-0.05, 0) is 25.0 Å². The Hall–Kier alpha value is -1.50. The van der Waals surface area contributed by atoms with Gasteiger partial charge >= 0.3 is 6.18 Å². The van der Waals surface area contributed by atoms with Crippen molar-refractivity contribution in [2.45, 2.75) is 24.6 Å². The van der Waals surface area contributed by atoms with Gasteiger partial charge < -0.3 is 5.32 Å². The van der Waals surface area contributed by atoms with E-state index in [2.05, 4.69) is 5.32 Å². The minimum absolute atomic E-state index is 0.0870. The van der Waals surface area contributed by atoms with E-state index in [0.717, 1.165) is 6.07 Å². The van der Waals surface area contributed by atoms with Gasteiger partial charge in [0.05, 0.1) is 4.92 Å². The first-order valence-electron chi connectivity index (χ1n) is 5.04. The monoisotopic (exact) mass is 280 g/mol. The van der Waals surface area contributed by atoms with Crippen molar-refractivity contribution in [1.29, 1.82) is 0 Å². The van der Waals surface area contributed by atoms with Crippen LogP contribution >= 0.6 is 11.6 Å². The van der Waals surface area contributed by atoms with Crippen LogP contribution < -0.4 is 5.32 Å². The molecule has 0 amide bonds. The van der Waals surface area contributed by atoms with Gasteiger partial charge in [-0.1, -0.05) is 11.6 Å². The van der Waals surface area contributed by atoms with Crippen LogP contribution in [0.3, 0.4) is 0 Å². The minimum Gasteiger partial charge on any atom is -0.366 e. The first-order valence-corrected chi connectivity index (χ1v) is 5.42. The Morgan fingerprint density at radius 1 is 1.39 bits per heavy atom. The lowest BCUT2D eigenvalue weighted by molar-refractivity contribution is -0.384. The van der Waals surface area contributed by atoms with Crippen molar-refractivity contribution < 1.29 is 18.1 Å². The summed E-state index contributed by atoms with van der Waals surface area (Å²) in [6.45, 7) is 0. The van der Waals surface area contributed by atoms with Crippen LogP contribution in [0.1, 0.15) is 12.8 Å². The number of halogens is 4. The highest BCUT2D eigenvalue weighted by molar-refractivity contribution is 6.30. The van der Waals surface area contributed by atoms with Crippen LogP contribution in [0.2, 0.25) is 5.02 Å². The van der Waals surface area contributed by atoms with Gasteiger partial charge in [-0.3, -0.25) is 10.1 Å². The SMILES string of the molecule is O=[N+]([O-])c1cc(Cl)ccc1NC1(C(F)(F)F)CC1. The Kier molecular flexibility index (Phi) is 2.89. The number of hydrogen-bond acceptors (Lipinski definition) is 3. The van der Waals surface area contributed by atoms with Gasteiger partial charge in [0.25, 0.3) is 5.69 Å². The van der Waals surface area contributed by atoms with Crippen LogP contribution in [-0.4, -0.2) is 16.6 Å². The van der Waals surface area contributed by atoms with E-state index in [4.69, 9.17) is 11.6 Å². The molecule has 1 saturated carbocycles. The number of hydrogen-bond donors (Lipinski definition) is 1. The first-order chi connectivity index (χ1) is 8.25. The summed E-state index contributed by atoms with van der Waals surface area (Å²) in [6, 6.07) is 3.52. The van der Waals surface area contributed by atoms with Crippen molar-refractivity contribution >= 4 is 23.0 Å². The molecule has 0 radical (unpaired) electrons. The maximum absolute atomic E-state index is 12.7. The fourth-order valence-electron chi connectivity index (χ4n) is 1.62. The van der Waals surface area contributed by atoms with Crippen LogP contribution in [-0.2, 0) is 0 Å². The van der Waals surface area contributed by atoms with Crippen molar-refractivity contribution in [3.05, 3.63) is 33.3 Å². The number of nitrogens with zero attached hydrogens (tertiary/aromatic N) is 1. The molecule has 98 valence electrons. The van der Waals surface area contributed by atoms with E-state index in [9.17, 15) is 23.3 Å². The molecule has 2 rings (SSSR count). The van der Waals surface area contributed by atoms with Crippen LogP contribution in [0.5, 0.6) is 0 Å². The zero-order valence-corrected chi connectivity index (χ0v) is 9.68. The normalized spacial score (nSPS) is 17.3. The standard InChI is InChI=1S/C10H8ClF3N2O2/c11-6-1-2-7(8(5-6)16(17)18)15-9(3-4-9)10(12,13)14/h1-2,5,15H,3-4H2. The molecule has 18 heavy (non-hydrogen) atoms. The van der Waals surface area contributed by atoms with Crippen LogP contribution in [0.15, 0.2) is 18.2 Å².